The van der Waals surface area contributed by atoms with Crippen molar-refractivity contribution in [1.82, 2.24) is 0 Å². The summed E-state index contributed by atoms with van der Waals surface area (Å²) >= 11 is 2.48. The van der Waals surface area contributed by atoms with Crippen LogP contribution in [-0.2, 0) is 0 Å². The first kappa shape index (κ1) is 16.6. The van der Waals surface area contributed by atoms with Gasteiger partial charge < -0.3 is 4.48 Å². The van der Waals surface area contributed by atoms with E-state index in [9.17, 15) is 4.79 Å². The molecule has 0 unspecified atom stereocenters. The van der Waals surface area contributed by atoms with Gasteiger partial charge in [-0.25, -0.2) is 0 Å². The summed E-state index contributed by atoms with van der Waals surface area (Å²) in [5.74, 6) is 0. The molecule has 0 N–H and O–H groups in total. The minimum atomic E-state index is -0.0189. The quantitative estimate of drug-likeness (QED) is 0.610. The van der Waals surface area contributed by atoms with E-state index >= 15 is 0 Å². The Kier molecular flexibility index (Phi) is 6.15. The van der Waals surface area contributed by atoms with Crippen LogP contribution in [0.15, 0.2) is 54.6 Å². The third-order valence-corrected chi connectivity index (χ3v) is 2.72. The van der Waals surface area contributed by atoms with Crippen LogP contribution in [0.2, 0.25) is 0 Å². The monoisotopic (exact) mass is 335 g/mol. The van der Waals surface area contributed by atoms with Gasteiger partial charge in [0.15, 0.2) is 0 Å². The van der Waals surface area contributed by atoms with Gasteiger partial charge in [0.2, 0.25) is 0 Å². The maximum absolute atomic E-state index is 11.0. The number of nitrogens with zero attached hydrogens (tertiary/aromatic N) is 1. The topological polar surface area (TPSA) is 17.1 Å². The van der Waals surface area contributed by atoms with Gasteiger partial charge in [0.25, 0.3) is 0 Å². The summed E-state index contributed by atoms with van der Waals surface area (Å²) in [5, 5.41) is 0. The molecule has 3 heteroatoms. The molecular formula is C17H21NOSe. The third-order valence-electron chi connectivity index (χ3n) is 2.23. The van der Waals surface area contributed by atoms with Crippen LogP contribution < -0.4 is 0 Å². The molecule has 20 heavy (non-hydrogen) atoms. The molecule has 0 bridgehead atoms. The van der Waals surface area contributed by atoms with Crippen LogP contribution in [-0.4, -0.2) is 53.4 Å². The zero-order valence-corrected chi connectivity index (χ0v) is 14.2. The molecule has 2 rings (SSSR count). The van der Waals surface area contributed by atoms with Gasteiger partial charge in [0.05, 0.1) is 28.2 Å². The molecule has 0 radical (unpaired) electrons. The van der Waals surface area contributed by atoms with Crippen molar-refractivity contribution in [3.63, 3.8) is 0 Å². The molecule has 0 aromatic heterocycles. The van der Waals surface area contributed by atoms with E-state index in [1.54, 1.807) is 0 Å². The fourth-order valence-electron chi connectivity index (χ4n) is 1.43. The molecule has 0 saturated heterocycles. The average molecular weight is 334 g/mol. The fraction of sp³-hybridized carbons (Fsp3) is 0.235. The Hall–Kier alpha value is -1.41. The van der Waals surface area contributed by atoms with Crippen LogP contribution in [0.3, 0.4) is 0 Å². The van der Waals surface area contributed by atoms with E-state index < -0.39 is 0 Å². The molecule has 0 amide bonds. The Balaban J connectivity index is 0.000000347. The molecule has 2 nitrogen and oxygen atoms in total. The molecule has 0 fully saturated rings. The predicted octanol–water partition coefficient (Wildman–Crippen LogP) is 2.98. The second-order valence-electron chi connectivity index (χ2n) is 5.91. The molecule has 0 spiro atoms. The molecule has 2 aromatic carbocycles. The summed E-state index contributed by atoms with van der Waals surface area (Å²) in [6.45, 7) is 0. The van der Waals surface area contributed by atoms with Crippen LogP contribution >= 0.6 is 0 Å². The van der Waals surface area contributed by atoms with Gasteiger partial charge in [-0.2, -0.15) is 0 Å². The zero-order chi connectivity index (χ0) is 15.2. The summed E-state index contributed by atoms with van der Waals surface area (Å²) in [6.07, 6.45) is 0. The first-order valence-corrected chi connectivity index (χ1v) is 7.29. The van der Waals surface area contributed by atoms with Crippen molar-refractivity contribution in [2.75, 3.05) is 28.2 Å². The third kappa shape index (κ3) is 6.67. The standard InChI is InChI=1S/C13H10OSe.C4H12N/c14-13(15)12-8-6-11(7-9-12)10-4-2-1-3-5-10;1-5(2,3)4/h1-9H,(H,14,15);1-4H3/q;+1/p-1. The molecule has 0 aliphatic carbocycles. The first-order valence-electron chi connectivity index (χ1n) is 6.43. The second kappa shape index (κ2) is 7.39. The van der Waals surface area contributed by atoms with Gasteiger partial charge in [0, 0.05) is 0 Å². The van der Waals surface area contributed by atoms with Crippen molar-refractivity contribution in [2.24, 2.45) is 0 Å². The van der Waals surface area contributed by atoms with Crippen molar-refractivity contribution in [3.05, 3.63) is 60.2 Å². The summed E-state index contributed by atoms with van der Waals surface area (Å²) in [7, 11) is 8.50. The molecule has 106 valence electrons. The van der Waals surface area contributed by atoms with Crippen molar-refractivity contribution in [1.29, 1.82) is 0 Å². The normalized spacial score (nSPS) is 10.4. The Bertz CT molecular complexity index is 535. The first-order chi connectivity index (χ1) is 9.27. The number of quaternary nitrogens is 1. The van der Waals surface area contributed by atoms with Gasteiger partial charge >= 0.3 is 96.8 Å². The Labute approximate surface area is 129 Å². The molecule has 0 heterocycles. The van der Waals surface area contributed by atoms with Gasteiger partial charge in [-0.1, -0.05) is 0 Å². The molecular weight excluding hydrogens is 313 g/mol. The molecule has 0 saturated carbocycles. The number of rotatable bonds is 2. The molecule has 0 atom stereocenters. The number of benzene rings is 2. The summed E-state index contributed by atoms with van der Waals surface area (Å²) in [4.78, 5) is 11.0. The van der Waals surface area contributed by atoms with Crippen LogP contribution in [0.5, 0.6) is 0 Å². The molecule has 0 aliphatic heterocycles. The number of hydrogen-bond acceptors (Lipinski definition) is 1. The summed E-state index contributed by atoms with van der Waals surface area (Å²) in [6, 6.07) is 17.7. The molecule has 2 aromatic rings. The van der Waals surface area contributed by atoms with Crippen molar-refractivity contribution in [3.8, 4) is 11.1 Å². The van der Waals surface area contributed by atoms with E-state index in [1.165, 1.54) is 0 Å². The Morgan fingerprint density at radius 3 is 1.60 bits per heavy atom. The summed E-state index contributed by atoms with van der Waals surface area (Å²) < 4.78 is 0.981. The summed E-state index contributed by atoms with van der Waals surface area (Å²) in [5.41, 5.74) is 2.99. The SMILES string of the molecule is C[N+](C)(C)C.O=C([Se-])c1ccc(-c2ccccc2)cc1. The zero-order valence-electron chi connectivity index (χ0n) is 12.5. The number of carbonyl (C=O) groups excluding carboxylic acids is 1. The Morgan fingerprint density at radius 2 is 1.20 bits per heavy atom. The van der Waals surface area contributed by atoms with Crippen LogP contribution in [0, 0.1) is 0 Å². The van der Waals surface area contributed by atoms with E-state index in [4.69, 9.17) is 0 Å². The van der Waals surface area contributed by atoms with Crippen molar-refractivity contribution >= 4 is 20.7 Å². The minimum absolute atomic E-state index is 0.0189. The average Bonchev–Trinajstić information content (AvgIpc) is 2.38. The van der Waals surface area contributed by atoms with E-state index in [1.807, 2.05) is 42.5 Å². The molecule has 0 aliphatic rings. The van der Waals surface area contributed by atoms with Crippen molar-refractivity contribution < 1.29 is 9.28 Å². The predicted molar refractivity (Wildman–Crippen MR) is 85.9 cm³/mol. The van der Waals surface area contributed by atoms with E-state index in [-0.39, 0.29) is 4.68 Å². The number of carbonyl (C=O) groups is 1. The van der Waals surface area contributed by atoms with Crippen LogP contribution in [0.25, 0.3) is 11.1 Å². The van der Waals surface area contributed by atoms with E-state index in [2.05, 4.69) is 56.3 Å². The van der Waals surface area contributed by atoms with Gasteiger partial charge in [-0.15, -0.1) is 0 Å². The van der Waals surface area contributed by atoms with Crippen LogP contribution in [0.4, 0.5) is 0 Å². The van der Waals surface area contributed by atoms with Gasteiger partial charge in [-0.05, 0) is 0 Å². The fourth-order valence-corrected chi connectivity index (χ4v) is 1.71. The van der Waals surface area contributed by atoms with E-state index in [0.717, 1.165) is 15.6 Å². The van der Waals surface area contributed by atoms with Gasteiger partial charge in [-0.3, -0.25) is 0 Å². The maximum atomic E-state index is 11.0. The number of hydrogen-bond donors (Lipinski definition) is 0. The van der Waals surface area contributed by atoms with Crippen LogP contribution in [0.1, 0.15) is 10.4 Å². The van der Waals surface area contributed by atoms with Crippen molar-refractivity contribution in [2.45, 2.75) is 0 Å². The van der Waals surface area contributed by atoms with E-state index in [0.29, 0.717) is 5.56 Å². The Morgan fingerprint density at radius 1 is 0.800 bits per heavy atom. The van der Waals surface area contributed by atoms with Gasteiger partial charge in [0.1, 0.15) is 0 Å². The second-order valence-corrected chi connectivity index (χ2v) is 6.69.